The highest BCUT2D eigenvalue weighted by molar-refractivity contribution is 5.89. The quantitative estimate of drug-likeness (QED) is 0.574. The summed E-state index contributed by atoms with van der Waals surface area (Å²) in [6.07, 6.45) is 2.29. The third-order valence-electron chi connectivity index (χ3n) is 4.11. The number of hydrogen-bond donors (Lipinski definition) is 1. The largest absolute Gasteiger partial charge is 0.504 e. The number of esters is 1. The van der Waals surface area contributed by atoms with Crippen LogP contribution in [-0.2, 0) is 19.1 Å². The summed E-state index contributed by atoms with van der Waals surface area (Å²) in [5, 5.41) is 9.54. The molecule has 0 aliphatic carbocycles. The van der Waals surface area contributed by atoms with E-state index in [0.717, 1.165) is 0 Å². The number of benzene rings is 1. The van der Waals surface area contributed by atoms with Crippen molar-refractivity contribution in [1.82, 2.24) is 9.80 Å². The first-order chi connectivity index (χ1) is 13.4. The first-order valence-electron chi connectivity index (χ1n) is 8.86. The van der Waals surface area contributed by atoms with Crippen LogP contribution >= 0.6 is 0 Å². The van der Waals surface area contributed by atoms with E-state index in [-0.39, 0.29) is 24.0 Å². The highest BCUT2D eigenvalue weighted by Gasteiger charge is 2.25. The third kappa shape index (κ3) is 5.90. The number of methoxy groups -OCH3 is 1. The second-order valence-electron chi connectivity index (χ2n) is 5.94. The molecule has 9 heteroatoms. The summed E-state index contributed by atoms with van der Waals surface area (Å²) in [5.41, 5.74) is 0.632. The monoisotopic (exact) mass is 392 g/mol. The standard InChI is InChI=1S/C19H24N2O7/c1-3-27-19(25)21-10-8-20(9-11-21)17(23)13-28-18(24)7-5-14-4-6-15(22)16(12-14)26-2/h4-7,12,22H,3,8-11,13H2,1-2H3/b7-5+. The molecule has 0 radical (unpaired) electrons. The molecule has 28 heavy (non-hydrogen) atoms. The minimum Gasteiger partial charge on any atom is -0.504 e. The van der Waals surface area contributed by atoms with Crippen LogP contribution in [0.15, 0.2) is 24.3 Å². The van der Waals surface area contributed by atoms with Gasteiger partial charge in [-0.25, -0.2) is 9.59 Å². The van der Waals surface area contributed by atoms with E-state index in [9.17, 15) is 19.5 Å². The predicted molar refractivity (Wildman–Crippen MR) is 99.8 cm³/mol. The zero-order valence-corrected chi connectivity index (χ0v) is 15.9. The minimum absolute atomic E-state index is 0.00382. The van der Waals surface area contributed by atoms with Gasteiger partial charge >= 0.3 is 12.1 Å². The number of phenols is 1. The van der Waals surface area contributed by atoms with Crippen LogP contribution in [0.3, 0.4) is 0 Å². The fourth-order valence-electron chi connectivity index (χ4n) is 2.59. The first-order valence-corrected chi connectivity index (χ1v) is 8.86. The van der Waals surface area contributed by atoms with Crippen LogP contribution in [0.1, 0.15) is 12.5 Å². The Kier molecular flexibility index (Phi) is 7.67. The Morgan fingerprint density at radius 2 is 1.79 bits per heavy atom. The summed E-state index contributed by atoms with van der Waals surface area (Å²) in [6.45, 7) is 3.14. The highest BCUT2D eigenvalue weighted by Crippen LogP contribution is 2.26. The fraction of sp³-hybridized carbons (Fsp3) is 0.421. The SMILES string of the molecule is CCOC(=O)N1CCN(C(=O)COC(=O)/C=C/c2ccc(O)c(OC)c2)CC1. The van der Waals surface area contributed by atoms with Gasteiger partial charge in [0, 0.05) is 32.3 Å². The molecule has 0 atom stereocenters. The highest BCUT2D eigenvalue weighted by atomic mass is 16.6. The van der Waals surface area contributed by atoms with E-state index >= 15 is 0 Å². The van der Waals surface area contributed by atoms with Crippen molar-refractivity contribution in [2.45, 2.75) is 6.92 Å². The molecule has 0 bridgehead atoms. The molecule has 0 saturated carbocycles. The van der Waals surface area contributed by atoms with Crippen LogP contribution in [0.2, 0.25) is 0 Å². The predicted octanol–water partition coefficient (Wildman–Crippen LogP) is 1.26. The minimum atomic E-state index is -0.662. The lowest BCUT2D eigenvalue weighted by Crippen LogP contribution is -2.51. The third-order valence-corrected chi connectivity index (χ3v) is 4.11. The molecule has 152 valence electrons. The summed E-state index contributed by atoms with van der Waals surface area (Å²) in [7, 11) is 1.43. The van der Waals surface area contributed by atoms with Crippen LogP contribution in [0.25, 0.3) is 6.08 Å². The molecule has 1 aromatic carbocycles. The van der Waals surface area contributed by atoms with Crippen molar-refractivity contribution in [3.8, 4) is 11.5 Å². The van der Waals surface area contributed by atoms with Crippen LogP contribution in [0.5, 0.6) is 11.5 Å². The van der Waals surface area contributed by atoms with Gasteiger partial charge in [0.05, 0.1) is 13.7 Å². The normalized spacial score (nSPS) is 14.1. The number of aromatic hydroxyl groups is 1. The van der Waals surface area contributed by atoms with Gasteiger partial charge in [-0.15, -0.1) is 0 Å². The number of ether oxygens (including phenoxy) is 3. The molecule has 2 rings (SSSR count). The second kappa shape index (κ2) is 10.2. The zero-order valence-electron chi connectivity index (χ0n) is 15.9. The van der Waals surface area contributed by atoms with Crippen molar-refractivity contribution >= 4 is 24.0 Å². The van der Waals surface area contributed by atoms with Gasteiger partial charge in [-0.1, -0.05) is 6.07 Å². The summed E-state index contributed by atoms with van der Waals surface area (Å²) < 4.78 is 14.9. The molecular weight excluding hydrogens is 368 g/mol. The summed E-state index contributed by atoms with van der Waals surface area (Å²) >= 11 is 0. The van der Waals surface area contributed by atoms with E-state index in [4.69, 9.17) is 14.2 Å². The Morgan fingerprint density at radius 3 is 2.43 bits per heavy atom. The van der Waals surface area contributed by atoms with Crippen molar-refractivity contribution in [2.24, 2.45) is 0 Å². The van der Waals surface area contributed by atoms with E-state index in [1.807, 2.05) is 0 Å². The molecule has 1 aliphatic heterocycles. The van der Waals surface area contributed by atoms with Crippen LogP contribution < -0.4 is 4.74 Å². The lowest BCUT2D eigenvalue weighted by molar-refractivity contribution is -0.148. The molecule has 1 heterocycles. The molecule has 0 aromatic heterocycles. The number of rotatable bonds is 6. The Balaban J connectivity index is 1.77. The Labute approximate surface area is 163 Å². The van der Waals surface area contributed by atoms with Crippen molar-refractivity contribution in [3.63, 3.8) is 0 Å². The lowest BCUT2D eigenvalue weighted by Gasteiger charge is -2.33. The number of amides is 2. The molecule has 9 nitrogen and oxygen atoms in total. The van der Waals surface area contributed by atoms with Crippen LogP contribution in [0, 0.1) is 0 Å². The fourth-order valence-corrected chi connectivity index (χ4v) is 2.59. The summed E-state index contributed by atoms with van der Waals surface area (Å²) in [5.74, 6) is -0.703. The molecule has 1 saturated heterocycles. The van der Waals surface area contributed by atoms with E-state index in [1.165, 1.54) is 35.1 Å². The maximum Gasteiger partial charge on any atom is 0.409 e. The number of nitrogens with zero attached hydrogens (tertiary/aromatic N) is 2. The van der Waals surface area contributed by atoms with Crippen molar-refractivity contribution in [1.29, 1.82) is 0 Å². The number of carbonyl (C=O) groups excluding carboxylic acids is 3. The van der Waals surface area contributed by atoms with Crippen molar-refractivity contribution < 1.29 is 33.7 Å². The van der Waals surface area contributed by atoms with Gasteiger partial charge < -0.3 is 29.1 Å². The smallest absolute Gasteiger partial charge is 0.409 e. The van der Waals surface area contributed by atoms with Crippen LogP contribution in [0.4, 0.5) is 4.79 Å². The maximum absolute atomic E-state index is 12.1. The van der Waals surface area contributed by atoms with Gasteiger partial charge in [0.15, 0.2) is 18.1 Å². The van der Waals surface area contributed by atoms with Gasteiger partial charge in [0.1, 0.15) is 0 Å². The molecule has 0 spiro atoms. The van der Waals surface area contributed by atoms with Gasteiger partial charge in [-0.05, 0) is 30.7 Å². The van der Waals surface area contributed by atoms with Gasteiger partial charge in [-0.2, -0.15) is 0 Å². The average Bonchev–Trinajstić information content (AvgIpc) is 2.71. The van der Waals surface area contributed by atoms with Crippen LogP contribution in [-0.4, -0.2) is 79.4 Å². The van der Waals surface area contributed by atoms with E-state index in [0.29, 0.717) is 38.3 Å². The molecule has 0 unspecified atom stereocenters. The first kappa shape index (κ1) is 21.1. The zero-order chi connectivity index (χ0) is 20.5. The molecular formula is C19H24N2O7. The Hall–Kier alpha value is -3.23. The summed E-state index contributed by atoms with van der Waals surface area (Å²) in [4.78, 5) is 38.7. The number of hydrogen-bond acceptors (Lipinski definition) is 7. The van der Waals surface area contributed by atoms with Gasteiger partial charge in [0.2, 0.25) is 0 Å². The van der Waals surface area contributed by atoms with E-state index in [2.05, 4.69) is 0 Å². The number of carbonyl (C=O) groups is 3. The molecule has 1 N–H and O–H groups in total. The maximum atomic E-state index is 12.1. The second-order valence-corrected chi connectivity index (χ2v) is 5.94. The Bertz CT molecular complexity index is 740. The molecule has 1 aliphatic rings. The summed E-state index contributed by atoms with van der Waals surface area (Å²) in [6, 6.07) is 4.62. The van der Waals surface area contributed by atoms with E-state index < -0.39 is 12.1 Å². The lowest BCUT2D eigenvalue weighted by atomic mass is 10.2. The Morgan fingerprint density at radius 1 is 1.11 bits per heavy atom. The average molecular weight is 392 g/mol. The van der Waals surface area contributed by atoms with Crippen molar-refractivity contribution in [3.05, 3.63) is 29.8 Å². The van der Waals surface area contributed by atoms with Crippen molar-refractivity contribution in [2.75, 3.05) is 46.5 Å². The topological polar surface area (TPSA) is 106 Å². The molecule has 1 aromatic rings. The molecule has 2 amide bonds. The molecule has 1 fully saturated rings. The number of phenolic OH excluding ortho intramolecular Hbond substituents is 1. The van der Waals surface area contributed by atoms with Gasteiger partial charge in [-0.3, -0.25) is 4.79 Å². The number of piperazine rings is 1. The van der Waals surface area contributed by atoms with E-state index in [1.54, 1.807) is 19.1 Å². The van der Waals surface area contributed by atoms with Gasteiger partial charge in [0.25, 0.3) is 5.91 Å².